The molecule has 4 nitrogen and oxygen atoms in total. The summed E-state index contributed by atoms with van der Waals surface area (Å²) >= 11 is 0. The number of ether oxygens (including phenoxy) is 1. The van der Waals surface area contributed by atoms with Crippen molar-refractivity contribution >= 4 is 0 Å². The monoisotopic (exact) mass is 313 g/mol. The molecule has 2 bridgehead atoms. The molecular weight excluding hydrogens is 286 g/mol. The van der Waals surface area contributed by atoms with Gasteiger partial charge in [0.2, 0.25) is 0 Å². The number of aryl methyl sites for hydroxylation is 1. The number of rotatable bonds is 4. The molecule has 0 aromatic carbocycles. The largest absolute Gasteiger partial charge is 0.379 e. The average Bonchev–Trinajstić information content (AvgIpc) is 3.13. The van der Waals surface area contributed by atoms with Crippen molar-refractivity contribution < 1.29 is 4.74 Å². The molecular formula is C19H27N3O. The maximum Gasteiger partial charge on any atom is 0.0625 e. The second kappa shape index (κ2) is 4.40. The zero-order valence-corrected chi connectivity index (χ0v) is 14.1. The Labute approximate surface area is 138 Å². The predicted octanol–water partition coefficient (Wildman–Crippen LogP) is 2.39. The molecule has 4 heteroatoms. The zero-order valence-electron chi connectivity index (χ0n) is 14.1. The van der Waals surface area contributed by atoms with Gasteiger partial charge in [-0.1, -0.05) is 6.92 Å². The molecule has 1 aromatic rings. The van der Waals surface area contributed by atoms with Crippen LogP contribution in [0, 0.1) is 17.8 Å². The first-order valence-electron chi connectivity index (χ1n) is 9.76. The summed E-state index contributed by atoms with van der Waals surface area (Å²) in [5.74, 6) is 2.90. The van der Waals surface area contributed by atoms with E-state index in [9.17, 15) is 0 Å². The first-order valence-corrected chi connectivity index (χ1v) is 9.76. The predicted molar refractivity (Wildman–Crippen MR) is 87.4 cm³/mol. The van der Waals surface area contributed by atoms with Gasteiger partial charge in [-0.25, -0.2) is 0 Å². The smallest absolute Gasteiger partial charge is 0.0625 e. The average molecular weight is 313 g/mol. The molecule has 0 spiro atoms. The van der Waals surface area contributed by atoms with Crippen LogP contribution in [-0.4, -0.2) is 47.0 Å². The van der Waals surface area contributed by atoms with Gasteiger partial charge in [0.15, 0.2) is 0 Å². The van der Waals surface area contributed by atoms with E-state index < -0.39 is 0 Å². The lowest BCUT2D eigenvalue weighted by molar-refractivity contribution is 0.0150. The van der Waals surface area contributed by atoms with Crippen LogP contribution in [0.2, 0.25) is 0 Å². The molecule has 1 aromatic heterocycles. The van der Waals surface area contributed by atoms with Crippen molar-refractivity contribution in [3.8, 4) is 0 Å². The molecule has 0 N–H and O–H groups in total. The standard InChI is InChI=1S/C19H27N3O/c1-2-12-10-16(22(20-12)13-4-3-5-13)19-14-11-15(18(19)17(14)19)21-6-8-23-9-7-21/h10,13-15,17-18H,2-9,11H2,1H3. The SMILES string of the molecule is CCc1cc(C23C4CC(N5CCOCC5)C2C43)n(C2CCC2)n1. The minimum Gasteiger partial charge on any atom is -0.379 e. The Balaban J connectivity index is 1.31. The highest BCUT2D eigenvalue weighted by Crippen LogP contribution is 2.91. The van der Waals surface area contributed by atoms with E-state index in [1.807, 2.05) is 0 Å². The molecule has 0 radical (unpaired) electrons. The van der Waals surface area contributed by atoms with Gasteiger partial charge >= 0.3 is 0 Å². The maximum absolute atomic E-state index is 5.56. The Morgan fingerprint density at radius 3 is 2.74 bits per heavy atom. The lowest BCUT2D eigenvalue weighted by Gasteiger charge is -2.32. The first-order chi connectivity index (χ1) is 11.4. The Bertz CT molecular complexity index is 639. The highest BCUT2D eigenvalue weighted by molar-refractivity contribution is 5.53. The Hall–Kier alpha value is -0.870. The Morgan fingerprint density at radius 2 is 2.09 bits per heavy atom. The third-order valence-corrected chi connectivity index (χ3v) is 7.76. The molecule has 124 valence electrons. The van der Waals surface area contributed by atoms with Gasteiger partial charge in [0, 0.05) is 30.2 Å². The normalized spacial score (nSPS) is 44.9. The summed E-state index contributed by atoms with van der Waals surface area (Å²) in [5, 5.41) is 5.00. The van der Waals surface area contributed by atoms with Gasteiger partial charge in [-0.15, -0.1) is 0 Å². The highest BCUT2D eigenvalue weighted by atomic mass is 16.5. The summed E-state index contributed by atoms with van der Waals surface area (Å²) in [4.78, 5) is 2.74. The second-order valence-electron chi connectivity index (χ2n) is 8.45. The van der Waals surface area contributed by atoms with Crippen LogP contribution in [0.25, 0.3) is 0 Å². The van der Waals surface area contributed by atoms with E-state index in [0.717, 1.165) is 56.5 Å². The molecule has 7 rings (SSSR count). The molecule has 5 aliphatic carbocycles. The molecule has 23 heavy (non-hydrogen) atoms. The zero-order chi connectivity index (χ0) is 15.2. The van der Waals surface area contributed by atoms with E-state index in [1.165, 1.54) is 31.4 Å². The minimum absolute atomic E-state index is 0.555. The first kappa shape index (κ1) is 13.4. The van der Waals surface area contributed by atoms with Crippen molar-refractivity contribution in [2.24, 2.45) is 17.8 Å². The van der Waals surface area contributed by atoms with Gasteiger partial charge in [0.25, 0.3) is 0 Å². The highest BCUT2D eigenvalue weighted by Gasteiger charge is 2.93. The second-order valence-corrected chi connectivity index (χ2v) is 8.45. The van der Waals surface area contributed by atoms with E-state index in [-0.39, 0.29) is 0 Å². The number of fused-ring (bicyclic) bond motifs is 1. The summed E-state index contributed by atoms with van der Waals surface area (Å²) in [6, 6.07) is 4.03. The van der Waals surface area contributed by atoms with Crippen molar-refractivity contribution in [1.82, 2.24) is 14.7 Å². The number of nitrogens with zero attached hydrogens (tertiary/aromatic N) is 3. The molecule has 5 saturated carbocycles. The fourth-order valence-corrected chi connectivity index (χ4v) is 6.33. The van der Waals surface area contributed by atoms with Gasteiger partial charge in [-0.05, 0) is 55.9 Å². The van der Waals surface area contributed by atoms with E-state index in [1.54, 1.807) is 5.69 Å². The van der Waals surface area contributed by atoms with Gasteiger partial charge in [-0.3, -0.25) is 9.58 Å². The molecule has 2 heterocycles. The number of hydrogen-bond donors (Lipinski definition) is 0. The fraction of sp³-hybridized carbons (Fsp3) is 0.842. The van der Waals surface area contributed by atoms with Crippen LogP contribution in [0.5, 0.6) is 0 Å². The molecule has 1 saturated heterocycles. The van der Waals surface area contributed by atoms with Crippen LogP contribution < -0.4 is 0 Å². The van der Waals surface area contributed by atoms with Crippen molar-refractivity contribution in [1.29, 1.82) is 0 Å². The minimum atomic E-state index is 0.555. The topological polar surface area (TPSA) is 30.3 Å². The van der Waals surface area contributed by atoms with Gasteiger partial charge in [0.1, 0.15) is 0 Å². The summed E-state index contributed by atoms with van der Waals surface area (Å²) in [6.07, 6.45) is 6.61. The number of morpholine rings is 1. The van der Waals surface area contributed by atoms with Crippen LogP contribution in [0.1, 0.15) is 50.0 Å². The van der Waals surface area contributed by atoms with E-state index in [0.29, 0.717) is 11.5 Å². The summed E-state index contributed by atoms with van der Waals surface area (Å²) in [6.45, 7) is 6.42. The van der Waals surface area contributed by atoms with E-state index in [4.69, 9.17) is 9.84 Å². The van der Waals surface area contributed by atoms with Gasteiger partial charge < -0.3 is 4.74 Å². The van der Waals surface area contributed by atoms with Crippen LogP contribution >= 0.6 is 0 Å². The van der Waals surface area contributed by atoms with Crippen LogP contribution in [0.4, 0.5) is 0 Å². The van der Waals surface area contributed by atoms with E-state index >= 15 is 0 Å². The lowest BCUT2D eigenvalue weighted by atomic mass is 9.92. The third kappa shape index (κ3) is 1.53. The molecule has 5 unspecified atom stereocenters. The van der Waals surface area contributed by atoms with Gasteiger partial charge in [-0.2, -0.15) is 5.10 Å². The quantitative estimate of drug-likeness (QED) is 0.855. The van der Waals surface area contributed by atoms with Gasteiger partial charge in [0.05, 0.1) is 24.9 Å². The van der Waals surface area contributed by atoms with Crippen molar-refractivity contribution in [3.05, 3.63) is 17.5 Å². The summed E-state index contributed by atoms with van der Waals surface area (Å²) in [5.41, 5.74) is 3.51. The number of aromatic nitrogens is 2. The lowest BCUT2D eigenvalue weighted by Crippen LogP contribution is -2.43. The summed E-state index contributed by atoms with van der Waals surface area (Å²) in [7, 11) is 0. The van der Waals surface area contributed by atoms with E-state index in [2.05, 4.69) is 22.6 Å². The van der Waals surface area contributed by atoms with Crippen LogP contribution in [0.3, 0.4) is 0 Å². The third-order valence-electron chi connectivity index (χ3n) is 7.76. The van der Waals surface area contributed by atoms with Crippen molar-refractivity contribution in [3.63, 3.8) is 0 Å². The summed E-state index contributed by atoms with van der Waals surface area (Å²) < 4.78 is 8.04. The molecule has 6 aliphatic rings. The molecule has 6 fully saturated rings. The Morgan fingerprint density at radius 1 is 1.26 bits per heavy atom. The van der Waals surface area contributed by atoms with Crippen LogP contribution in [-0.2, 0) is 16.6 Å². The molecule has 1 aliphatic heterocycles. The molecule has 0 amide bonds. The van der Waals surface area contributed by atoms with Crippen molar-refractivity contribution in [2.45, 2.75) is 56.5 Å². The number of hydrogen-bond acceptors (Lipinski definition) is 3. The fourth-order valence-electron chi connectivity index (χ4n) is 6.33. The maximum atomic E-state index is 5.56. The van der Waals surface area contributed by atoms with Crippen LogP contribution in [0.15, 0.2) is 6.07 Å². The Kier molecular flexibility index (Phi) is 2.57. The molecule has 5 atom stereocenters. The van der Waals surface area contributed by atoms with Crippen molar-refractivity contribution in [2.75, 3.05) is 26.3 Å².